The molecular formula is C24H19ClFN3O2. The van der Waals surface area contributed by atoms with Crippen molar-refractivity contribution in [3.05, 3.63) is 83.5 Å². The molecule has 0 aliphatic carbocycles. The summed E-state index contributed by atoms with van der Waals surface area (Å²) in [5.74, 6) is 0.199. The number of rotatable bonds is 3. The lowest BCUT2D eigenvalue weighted by Crippen LogP contribution is -2.34. The molecule has 2 amide bonds. The van der Waals surface area contributed by atoms with Crippen LogP contribution in [0.25, 0.3) is 22.2 Å². The van der Waals surface area contributed by atoms with E-state index in [1.54, 1.807) is 53.4 Å². The van der Waals surface area contributed by atoms with E-state index in [0.717, 1.165) is 18.4 Å². The van der Waals surface area contributed by atoms with Crippen molar-refractivity contribution in [3.8, 4) is 11.1 Å². The molecule has 31 heavy (non-hydrogen) atoms. The largest absolute Gasteiger partial charge is 0.438 e. The smallest absolute Gasteiger partial charge is 0.322 e. The Kier molecular flexibility index (Phi) is 5.08. The summed E-state index contributed by atoms with van der Waals surface area (Å²) in [6.45, 7) is 0.607. The van der Waals surface area contributed by atoms with Crippen LogP contribution in [0.4, 0.5) is 14.9 Å². The zero-order valence-corrected chi connectivity index (χ0v) is 17.3. The van der Waals surface area contributed by atoms with Crippen molar-refractivity contribution in [3.63, 3.8) is 0 Å². The number of likely N-dealkylation sites (tertiary alicyclic amines) is 1. The van der Waals surface area contributed by atoms with Gasteiger partial charge in [0.2, 0.25) is 5.89 Å². The fourth-order valence-corrected chi connectivity index (χ4v) is 4.17. The Hall–Kier alpha value is -3.38. The third-order valence-electron chi connectivity index (χ3n) is 5.46. The number of amides is 2. The standard InChI is InChI=1S/C24H19ClFN3O2/c25-16-5-3-6-17(14-16)27-24(30)29-12-4-9-21(29)23-28-20-13-15(10-11-22(20)31-23)18-7-1-2-8-19(18)26/h1-3,5-8,10-11,13-14,21H,4,9,12H2,(H,27,30)/t21-/m0/s1. The zero-order chi connectivity index (χ0) is 21.4. The Balaban J connectivity index is 1.41. The number of fused-ring (bicyclic) bond motifs is 1. The van der Waals surface area contributed by atoms with E-state index in [2.05, 4.69) is 10.3 Å². The molecule has 4 aromatic rings. The van der Waals surface area contributed by atoms with Crippen LogP contribution < -0.4 is 5.32 Å². The van der Waals surface area contributed by atoms with E-state index in [4.69, 9.17) is 16.0 Å². The number of oxazole rings is 1. The first-order valence-electron chi connectivity index (χ1n) is 10.1. The highest BCUT2D eigenvalue weighted by Crippen LogP contribution is 2.35. The van der Waals surface area contributed by atoms with Crippen LogP contribution in [0.5, 0.6) is 0 Å². The van der Waals surface area contributed by atoms with Gasteiger partial charge in [0.05, 0.1) is 0 Å². The topological polar surface area (TPSA) is 58.4 Å². The molecule has 0 spiro atoms. The normalized spacial score (nSPS) is 16.1. The van der Waals surface area contributed by atoms with Gasteiger partial charge in [-0.05, 0) is 54.8 Å². The van der Waals surface area contributed by atoms with Gasteiger partial charge >= 0.3 is 6.03 Å². The maximum atomic E-state index is 14.2. The molecule has 1 fully saturated rings. The molecule has 0 bridgehead atoms. The number of aromatic nitrogens is 1. The lowest BCUT2D eigenvalue weighted by Gasteiger charge is -2.22. The van der Waals surface area contributed by atoms with E-state index in [1.807, 2.05) is 12.1 Å². The van der Waals surface area contributed by atoms with Gasteiger partial charge in [-0.25, -0.2) is 14.2 Å². The molecule has 156 valence electrons. The second-order valence-corrected chi connectivity index (χ2v) is 7.94. The predicted molar refractivity (Wildman–Crippen MR) is 119 cm³/mol. The number of urea groups is 1. The molecule has 1 aliphatic heterocycles. The van der Waals surface area contributed by atoms with Crippen LogP contribution in [0, 0.1) is 5.82 Å². The number of carbonyl (C=O) groups excluding carboxylic acids is 1. The molecule has 1 atom stereocenters. The van der Waals surface area contributed by atoms with Gasteiger partial charge in [-0.15, -0.1) is 0 Å². The number of carbonyl (C=O) groups is 1. The third kappa shape index (κ3) is 3.86. The Morgan fingerprint density at radius 3 is 2.84 bits per heavy atom. The lowest BCUT2D eigenvalue weighted by molar-refractivity contribution is 0.199. The maximum absolute atomic E-state index is 14.2. The van der Waals surface area contributed by atoms with Crippen molar-refractivity contribution < 1.29 is 13.6 Å². The first kappa shape index (κ1) is 19.6. The molecule has 2 heterocycles. The van der Waals surface area contributed by atoms with Crippen LogP contribution in [0.3, 0.4) is 0 Å². The number of hydrogen-bond acceptors (Lipinski definition) is 3. The highest BCUT2D eigenvalue weighted by Gasteiger charge is 2.33. The van der Waals surface area contributed by atoms with Crippen LogP contribution in [-0.4, -0.2) is 22.5 Å². The minimum Gasteiger partial charge on any atom is -0.438 e. The molecule has 0 saturated carbocycles. The molecule has 1 aliphatic rings. The van der Waals surface area contributed by atoms with Gasteiger partial charge in [0.25, 0.3) is 0 Å². The van der Waals surface area contributed by atoms with Crippen molar-refractivity contribution in [2.24, 2.45) is 0 Å². The quantitative estimate of drug-likeness (QED) is 0.391. The van der Waals surface area contributed by atoms with Gasteiger partial charge in [0.15, 0.2) is 5.58 Å². The van der Waals surface area contributed by atoms with Gasteiger partial charge in [-0.2, -0.15) is 0 Å². The summed E-state index contributed by atoms with van der Waals surface area (Å²) in [6, 6.07) is 18.6. The van der Waals surface area contributed by atoms with Gasteiger partial charge in [-0.1, -0.05) is 41.9 Å². The Bertz CT molecular complexity index is 1270. The Morgan fingerprint density at radius 2 is 2.00 bits per heavy atom. The average Bonchev–Trinajstić information content (AvgIpc) is 3.40. The van der Waals surface area contributed by atoms with Crippen molar-refractivity contribution in [1.82, 2.24) is 9.88 Å². The van der Waals surface area contributed by atoms with E-state index in [0.29, 0.717) is 39.8 Å². The van der Waals surface area contributed by atoms with E-state index in [9.17, 15) is 9.18 Å². The third-order valence-corrected chi connectivity index (χ3v) is 5.70. The molecule has 5 nitrogen and oxygen atoms in total. The minimum absolute atomic E-state index is 0.223. The van der Waals surface area contributed by atoms with E-state index in [1.165, 1.54) is 6.07 Å². The van der Waals surface area contributed by atoms with Gasteiger partial charge in [0, 0.05) is 22.8 Å². The first-order valence-corrected chi connectivity index (χ1v) is 10.4. The van der Waals surface area contributed by atoms with E-state index < -0.39 is 0 Å². The monoisotopic (exact) mass is 435 g/mol. The van der Waals surface area contributed by atoms with Crippen LogP contribution in [-0.2, 0) is 0 Å². The molecule has 1 saturated heterocycles. The number of benzene rings is 3. The number of halogens is 2. The highest BCUT2D eigenvalue weighted by atomic mass is 35.5. The summed E-state index contributed by atoms with van der Waals surface area (Å²) in [5.41, 5.74) is 3.12. The van der Waals surface area contributed by atoms with Crippen LogP contribution in [0.1, 0.15) is 24.8 Å². The molecule has 3 aromatic carbocycles. The van der Waals surface area contributed by atoms with E-state index >= 15 is 0 Å². The second-order valence-electron chi connectivity index (χ2n) is 7.51. The van der Waals surface area contributed by atoms with Gasteiger partial charge < -0.3 is 14.6 Å². The minimum atomic E-state index is -0.287. The highest BCUT2D eigenvalue weighted by molar-refractivity contribution is 6.30. The molecule has 5 rings (SSSR count). The number of anilines is 1. The van der Waals surface area contributed by atoms with Crippen molar-refractivity contribution >= 4 is 34.4 Å². The molecule has 0 radical (unpaired) electrons. The van der Waals surface area contributed by atoms with Crippen LogP contribution >= 0.6 is 11.6 Å². The maximum Gasteiger partial charge on any atom is 0.322 e. The summed E-state index contributed by atoms with van der Waals surface area (Å²) in [6.07, 6.45) is 1.61. The van der Waals surface area contributed by atoms with Crippen molar-refractivity contribution in [2.45, 2.75) is 18.9 Å². The molecule has 7 heteroatoms. The van der Waals surface area contributed by atoms with Crippen LogP contribution in [0.15, 0.2) is 71.1 Å². The number of nitrogens with zero attached hydrogens (tertiary/aromatic N) is 2. The van der Waals surface area contributed by atoms with Crippen LogP contribution in [0.2, 0.25) is 5.02 Å². The lowest BCUT2D eigenvalue weighted by atomic mass is 10.0. The second kappa shape index (κ2) is 8.04. The average molecular weight is 436 g/mol. The fraction of sp³-hybridized carbons (Fsp3) is 0.167. The molecule has 0 unspecified atom stereocenters. The SMILES string of the molecule is O=C(Nc1cccc(Cl)c1)N1CCC[C@H]1c1nc2cc(-c3ccccc3F)ccc2o1. The number of nitrogens with one attached hydrogen (secondary N) is 1. The van der Waals surface area contributed by atoms with E-state index in [-0.39, 0.29) is 17.9 Å². The molecule has 1 aromatic heterocycles. The number of hydrogen-bond donors (Lipinski definition) is 1. The predicted octanol–water partition coefficient (Wildman–Crippen LogP) is 6.66. The first-order chi connectivity index (χ1) is 15.1. The van der Waals surface area contributed by atoms with Gasteiger partial charge in [0.1, 0.15) is 17.4 Å². The van der Waals surface area contributed by atoms with Crippen molar-refractivity contribution in [1.29, 1.82) is 0 Å². The fourth-order valence-electron chi connectivity index (χ4n) is 3.98. The summed E-state index contributed by atoms with van der Waals surface area (Å²) in [4.78, 5) is 19.2. The zero-order valence-electron chi connectivity index (χ0n) is 16.5. The molecular weight excluding hydrogens is 417 g/mol. The summed E-state index contributed by atoms with van der Waals surface area (Å²) in [5, 5.41) is 3.44. The summed E-state index contributed by atoms with van der Waals surface area (Å²) < 4.78 is 20.1. The Morgan fingerprint density at radius 1 is 1.13 bits per heavy atom. The Labute approximate surface area is 183 Å². The summed E-state index contributed by atoms with van der Waals surface area (Å²) >= 11 is 6.01. The van der Waals surface area contributed by atoms with Crippen molar-refractivity contribution in [2.75, 3.05) is 11.9 Å². The summed E-state index contributed by atoms with van der Waals surface area (Å²) in [7, 11) is 0. The van der Waals surface area contributed by atoms with Gasteiger partial charge in [-0.3, -0.25) is 0 Å². The molecule has 1 N–H and O–H groups in total.